The number of nitrogens with one attached hydrogen (secondary N) is 1. The van der Waals surface area contributed by atoms with Crippen LogP contribution in [0.4, 0.5) is 19.0 Å². The molecule has 0 bridgehead atoms. The number of halogens is 3. The van der Waals surface area contributed by atoms with Gasteiger partial charge in [0.25, 0.3) is 5.91 Å². The summed E-state index contributed by atoms with van der Waals surface area (Å²) in [5.74, 6) is -1.71. The Balaban J connectivity index is 1.68. The topological polar surface area (TPSA) is 107 Å². The number of anilines is 1. The Morgan fingerprint density at radius 3 is 2.54 bits per heavy atom. The molecular weight excluding hydrogens is 351 g/mol. The molecule has 1 fully saturated rings. The molecule has 0 atom stereocenters. The van der Waals surface area contributed by atoms with E-state index in [0.29, 0.717) is 11.4 Å². The van der Waals surface area contributed by atoms with E-state index in [4.69, 9.17) is 10.2 Å². The van der Waals surface area contributed by atoms with Crippen molar-refractivity contribution in [2.45, 2.75) is 44.8 Å². The van der Waals surface area contributed by atoms with Crippen LogP contribution in [0.2, 0.25) is 0 Å². The third-order valence-corrected chi connectivity index (χ3v) is 4.47. The first-order valence-corrected chi connectivity index (χ1v) is 8.17. The summed E-state index contributed by atoms with van der Waals surface area (Å²) in [6, 6.07) is -0.339. The van der Waals surface area contributed by atoms with E-state index in [0.717, 1.165) is 0 Å². The third kappa shape index (κ3) is 3.78. The van der Waals surface area contributed by atoms with Crippen molar-refractivity contribution in [2.24, 2.45) is 5.92 Å². The van der Waals surface area contributed by atoms with Crippen LogP contribution in [-0.2, 0) is 0 Å². The highest BCUT2D eigenvalue weighted by Gasteiger charge is 2.41. The number of amides is 1. The number of aryl methyl sites for hydroxylation is 1. The summed E-state index contributed by atoms with van der Waals surface area (Å²) >= 11 is 0. The normalized spacial score (nSPS) is 20.8. The van der Waals surface area contributed by atoms with Gasteiger partial charge in [-0.1, -0.05) is 0 Å². The van der Waals surface area contributed by atoms with Crippen molar-refractivity contribution in [3.05, 3.63) is 23.8 Å². The summed E-state index contributed by atoms with van der Waals surface area (Å²) in [7, 11) is 0. The summed E-state index contributed by atoms with van der Waals surface area (Å²) in [6.45, 7) is 1.64. The smallest absolute Gasteiger partial charge is 0.391 e. The van der Waals surface area contributed by atoms with Crippen LogP contribution in [0.5, 0.6) is 0 Å². The first-order valence-electron chi connectivity index (χ1n) is 8.17. The fourth-order valence-corrected chi connectivity index (χ4v) is 3.06. The number of hydrogen-bond donors (Lipinski definition) is 2. The van der Waals surface area contributed by atoms with E-state index >= 15 is 0 Å². The Labute approximate surface area is 147 Å². The van der Waals surface area contributed by atoms with Gasteiger partial charge in [0.1, 0.15) is 12.0 Å². The second-order valence-corrected chi connectivity index (χ2v) is 6.29. The van der Waals surface area contributed by atoms with Crippen molar-refractivity contribution < 1.29 is 22.4 Å². The lowest BCUT2D eigenvalue weighted by molar-refractivity contribution is -0.182. The summed E-state index contributed by atoms with van der Waals surface area (Å²) < 4.78 is 43.3. The minimum atomic E-state index is -4.18. The molecule has 10 heteroatoms. The minimum absolute atomic E-state index is 0.00225. The fraction of sp³-hybridized carbons (Fsp3) is 0.500. The minimum Gasteiger partial charge on any atom is -0.443 e. The van der Waals surface area contributed by atoms with Crippen LogP contribution >= 0.6 is 0 Å². The Hall–Kier alpha value is -2.65. The predicted octanol–water partition coefficient (Wildman–Crippen LogP) is 2.87. The Bertz CT molecular complexity index is 784. The van der Waals surface area contributed by atoms with E-state index in [1.54, 1.807) is 6.92 Å². The van der Waals surface area contributed by atoms with Gasteiger partial charge in [-0.25, -0.2) is 15.0 Å². The molecule has 0 radical (unpaired) electrons. The summed E-state index contributed by atoms with van der Waals surface area (Å²) in [4.78, 5) is 24.7. The fourth-order valence-electron chi connectivity index (χ4n) is 3.06. The Morgan fingerprint density at radius 2 is 1.96 bits per heavy atom. The second-order valence-electron chi connectivity index (χ2n) is 6.29. The molecule has 1 saturated carbocycles. The van der Waals surface area contributed by atoms with Crippen LogP contribution in [-0.4, -0.2) is 33.1 Å². The van der Waals surface area contributed by atoms with Gasteiger partial charge in [-0.3, -0.25) is 4.79 Å². The Morgan fingerprint density at radius 1 is 1.27 bits per heavy atom. The zero-order chi connectivity index (χ0) is 18.9. The largest absolute Gasteiger partial charge is 0.443 e. The SMILES string of the molecule is Cc1nc(C(=O)NC2CCC(C(F)(F)F)CC2)c(N)nc1-c1ncco1. The van der Waals surface area contributed by atoms with Gasteiger partial charge in [0.15, 0.2) is 11.5 Å². The predicted molar refractivity (Wildman–Crippen MR) is 85.9 cm³/mol. The van der Waals surface area contributed by atoms with E-state index in [2.05, 4.69) is 20.3 Å². The molecule has 1 amide bonds. The zero-order valence-electron chi connectivity index (χ0n) is 14.0. The van der Waals surface area contributed by atoms with Crippen LogP contribution in [0, 0.1) is 12.8 Å². The molecule has 0 aliphatic heterocycles. The van der Waals surface area contributed by atoms with Crippen LogP contribution < -0.4 is 11.1 Å². The molecule has 1 aliphatic rings. The van der Waals surface area contributed by atoms with Crippen LogP contribution in [0.25, 0.3) is 11.6 Å². The summed E-state index contributed by atoms with van der Waals surface area (Å²) in [5.41, 5.74) is 6.51. The molecule has 140 valence electrons. The number of alkyl halides is 3. The van der Waals surface area contributed by atoms with Crippen molar-refractivity contribution >= 4 is 11.7 Å². The lowest BCUT2D eigenvalue weighted by Gasteiger charge is -2.30. The van der Waals surface area contributed by atoms with Gasteiger partial charge in [0, 0.05) is 6.04 Å². The van der Waals surface area contributed by atoms with Gasteiger partial charge >= 0.3 is 6.18 Å². The first kappa shape index (κ1) is 18.2. The molecule has 0 saturated heterocycles. The summed E-state index contributed by atoms with van der Waals surface area (Å²) in [6.07, 6.45) is -0.838. The lowest BCUT2D eigenvalue weighted by atomic mass is 9.85. The number of rotatable bonds is 3. The van der Waals surface area contributed by atoms with E-state index < -0.39 is 18.0 Å². The highest BCUT2D eigenvalue weighted by Crippen LogP contribution is 2.37. The van der Waals surface area contributed by atoms with Gasteiger partial charge in [0.05, 0.1) is 17.8 Å². The summed E-state index contributed by atoms with van der Waals surface area (Å²) in [5, 5.41) is 2.70. The third-order valence-electron chi connectivity index (χ3n) is 4.47. The maximum Gasteiger partial charge on any atom is 0.391 e. The number of oxazole rings is 1. The van der Waals surface area contributed by atoms with E-state index in [9.17, 15) is 18.0 Å². The van der Waals surface area contributed by atoms with Crippen molar-refractivity contribution in [3.63, 3.8) is 0 Å². The average molecular weight is 369 g/mol. The highest BCUT2D eigenvalue weighted by molar-refractivity contribution is 5.96. The number of nitrogens with two attached hydrogens (primary N) is 1. The molecule has 26 heavy (non-hydrogen) atoms. The molecule has 0 spiro atoms. The lowest BCUT2D eigenvalue weighted by Crippen LogP contribution is -2.40. The molecule has 2 heterocycles. The first-order chi connectivity index (χ1) is 12.3. The molecule has 3 N–H and O–H groups in total. The number of hydrogen-bond acceptors (Lipinski definition) is 6. The standard InChI is InChI=1S/C16H18F3N5O2/c1-8-11(15-21-6-7-26-15)24-13(20)12(22-8)14(25)23-10-4-2-9(3-5-10)16(17,18)19/h6-7,9-10H,2-5H2,1H3,(H2,20,24)(H,23,25). The average Bonchev–Trinajstić information content (AvgIpc) is 3.10. The van der Waals surface area contributed by atoms with E-state index in [1.807, 2.05) is 0 Å². The molecular formula is C16H18F3N5O2. The van der Waals surface area contributed by atoms with Crippen molar-refractivity contribution in [2.75, 3.05) is 5.73 Å². The molecule has 0 unspecified atom stereocenters. The Kier molecular flexibility index (Phi) is 4.84. The maximum absolute atomic E-state index is 12.7. The molecule has 3 rings (SSSR count). The molecule has 2 aromatic rings. The second kappa shape index (κ2) is 6.93. The van der Waals surface area contributed by atoms with Gasteiger partial charge in [-0.2, -0.15) is 13.2 Å². The quantitative estimate of drug-likeness (QED) is 0.861. The van der Waals surface area contributed by atoms with Gasteiger partial charge in [-0.15, -0.1) is 0 Å². The van der Waals surface area contributed by atoms with E-state index in [1.165, 1.54) is 12.5 Å². The van der Waals surface area contributed by atoms with Crippen molar-refractivity contribution in [1.29, 1.82) is 0 Å². The number of carbonyl (C=O) groups excluding carboxylic acids is 1. The van der Waals surface area contributed by atoms with Gasteiger partial charge in [0.2, 0.25) is 5.89 Å². The molecule has 0 aromatic carbocycles. The zero-order valence-corrected chi connectivity index (χ0v) is 14.0. The number of aromatic nitrogens is 3. The number of carbonyl (C=O) groups is 1. The molecule has 1 aliphatic carbocycles. The van der Waals surface area contributed by atoms with Gasteiger partial charge in [-0.05, 0) is 32.6 Å². The van der Waals surface area contributed by atoms with Crippen molar-refractivity contribution in [3.8, 4) is 11.6 Å². The maximum atomic E-state index is 12.7. The van der Waals surface area contributed by atoms with E-state index in [-0.39, 0.29) is 49.1 Å². The highest BCUT2D eigenvalue weighted by atomic mass is 19.4. The molecule has 2 aromatic heterocycles. The van der Waals surface area contributed by atoms with Crippen LogP contribution in [0.15, 0.2) is 16.9 Å². The monoisotopic (exact) mass is 369 g/mol. The van der Waals surface area contributed by atoms with Crippen LogP contribution in [0.1, 0.15) is 41.9 Å². The molecule has 7 nitrogen and oxygen atoms in total. The van der Waals surface area contributed by atoms with Gasteiger partial charge < -0.3 is 15.5 Å². The van der Waals surface area contributed by atoms with Crippen molar-refractivity contribution in [1.82, 2.24) is 20.3 Å². The van der Waals surface area contributed by atoms with Crippen LogP contribution in [0.3, 0.4) is 0 Å². The number of nitrogen functional groups attached to an aromatic ring is 1. The number of nitrogens with zero attached hydrogens (tertiary/aromatic N) is 3.